The summed E-state index contributed by atoms with van der Waals surface area (Å²) in [4.78, 5) is 12.0. The third-order valence-electron chi connectivity index (χ3n) is 5.22. The van der Waals surface area contributed by atoms with Crippen molar-refractivity contribution < 1.29 is 19.4 Å². The van der Waals surface area contributed by atoms with Gasteiger partial charge in [0.05, 0.1) is 18.5 Å². The Balaban J connectivity index is 2.23. The molecule has 1 aliphatic heterocycles. The standard InChI is InChI=1S/C25H31NO4/c1-24(2,3)16-12-15(13-17(22(16)28)25(4,5)6)23-19(14-21(27)29-7)26-18-10-8-9-11-20(18)30-23/h8-14,23,26,28H,1-7H3/b19-14-. The van der Waals surface area contributed by atoms with E-state index < -0.39 is 12.1 Å². The Morgan fingerprint density at radius 1 is 1.07 bits per heavy atom. The number of hydrogen-bond acceptors (Lipinski definition) is 5. The molecule has 0 spiro atoms. The van der Waals surface area contributed by atoms with E-state index in [0.717, 1.165) is 22.4 Å². The van der Waals surface area contributed by atoms with Gasteiger partial charge in [-0.15, -0.1) is 0 Å². The van der Waals surface area contributed by atoms with Crippen molar-refractivity contribution >= 4 is 11.7 Å². The van der Waals surface area contributed by atoms with Crippen LogP contribution in [0.5, 0.6) is 11.5 Å². The van der Waals surface area contributed by atoms with Crippen LogP contribution in [-0.4, -0.2) is 18.2 Å². The predicted molar refractivity (Wildman–Crippen MR) is 119 cm³/mol. The van der Waals surface area contributed by atoms with E-state index in [-0.39, 0.29) is 10.8 Å². The number of phenolic OH excluding ortho intramolecular Hbond substituents is 1. The van der Waals surface area contributed by atoms with Gasteiger partial charge in [-0.05, 0) is 51.8 Å². The van der Waals surface area contributed by atoms with E-state index in [0.29, 0.717) is 17.2 Å². The van der Waals surface area contributed by atoms with Gasteiger partial charge in [0.15, 0.2) is 6.10 Å². The summed E-state index contributed by atoms with van der Waals surface area (Å²) in [5.41, 5.74) is 3.37. The van der Waals surface area contributed by atoms with Gasteiger partial charge in [-0.25, -0.2) is 4.79 Å². The zero-order chi connectivity index (χ0) is 22.3. The van der Waals surface area contributed by atoms with Crippen molar-refractivity contribution in [1.82, 2.24) is 0 Å². The minimum atomic E-state index is -0.540. The van der Waals surface area contributed by atoms with Crippen molar-refractivity contribution in [1.29, 1.82) is 0 Å². The number of para-hydroxylation sites is 2. The number of ether oxygens (including phenoxy) is 2. The summed E-state index contributed by atoms with van der Waals surface area (Å²) in [5, 5.41) is 14.4. The number of hydrogen-bond donors (Lipinski definition) is 2. The first-order chi connectivity index (χ1) is 13.9. The molecule has 0 saturated carbocycles. The lowest BCUT2D eigenvalue weighted by molar-refractivity contribution is -0.134. The Morgan fingerprint density at radius 2 is 1.63 bits per heavy atom. The Hall–Kier alpha value is -2.95. The normalized spacial score (nSPS) is 17.7. The molecule has 2 aromatic carbocycles. The lowest BCUT2D eigenvalue weighted by Crippen LogP contribution is -2.25. The molecule has 1 heterocycles. The minimum absolute atomic E-state index is 0.272. The second kappa shape index (κ2) is 7.71. The summed E-state index contributed by atoms with van der Waals surface area (Å²) < 4.78 is 11.2. The molecule has 0 bridgehead atoms. The summed E-state index contributed by atoms with van der Waals surface area (Å²) in [6, 6.07) is 11.5. The molecule has 0 aromatic heterocycles. The monoisotopic (exact) mass is 409 g/mol. The number of nitrogens with one attached hydrogen (secondary N) is 1. The van der Waals surface area contributed by atoms with Crippen molar-refractivity contribution in [2.75, 3.05) is 12.4 Å². The number of anilines is 1. The molecular weight excluding hydrogens is 378 g/mol. The van der Waals surface area contributed by atoms with Gasteiger partial charge in [-0.3, -0.25) is 0 Å². The van der Waals surface area contributed by atoms with Gasteiger partial charge in [-0.1, -0.05) is 53.7 Å². The van der Waals surface area contributed by atoms with Crippen molar-refractivity contribution in [2.24, 2.45) is 0 Å². The number of carbonyl (C=O) groups is 1. The van der Waals surface area contributed by atoms with E-state index in [1.807, 2.05) is 36.4 Å². The highest BCUT2D eigenvalue weighted by Gasteiger charge is 2.32. The van der Waals surface area contributed by atoms with Crippen LogP contribution in [0.1, 0.15) is 64.3 Å². The summed E-state index contributed by atoms with van der Waals surface area (Å²) in [5.74, 6) is 0.546. The molecule has 0 aliphatic carbocycles. The number of carbonyl (C=O) groups excluding carboxylic acids is 1. The molecule has 0 amide bonds. The molecule has 2 aromatic rings. The van der Waals surface area contributed by atoms with Crippen molar-refractivity contribution in [3.05, 3.63) is 64.9 Å². The fourth-order valence-electron chi connectivity index (χ4n) is 3.58. The average molecular weight is 410 g/mol. The van der Waals surface area contributed by atoms with Crippen molar-refractivity contribution in [3.63, 3.8) is 0 Å². The average Bonchev–Trinajstić information content (AvgIpc) is 2.65. The first-order valence-corrected chi connectivity index (χ1v) is 10.1. The number of benzene rings is 2. The van der Waals surface area contributed by atoms with Crippen LogP contribution in [-0.2, 0) is 20.4 Å². The second-order valence-electron chi connectivity index (χ2n) is 9.71. The maximum Gasteiger partial charge on any atom is 0.332 e. The Bertz CT molecular complexity index is 958. The maximum atomic E-state index is 12.0. The van der Waals surface area contributed by atoms with Crippen LogP contribution in [0.4, 0.5) is 5.69 Å². The largest absolute Gasteiger partial charge is 0.507 e. The topological polar surface area (TPSA) is 67.8 Å². The van der Waals surface area contributed by atoms with E-state index in [4.69, 9.17) is 9.47 Å². The maximum absolute atomic E-state index is 12.0. The van der Waals surface area contributed by atoms with Crippen LogP contribution in [0.2, 0.25) is 0 Å². The number of methoxy groups -OCH3 is 1. The molecule has 30 heavy (non-hydrogen) atoms. The van der Waals surface area contributed by atoms with Gasteiger partial charge < -0.3 is 19.9 Å². The Morgan fingerprint density at radius 3 is 2.17 bits per heavy atom. The van der Waals surface area contributed by atoms with Crippen molar-refractivity contribution in [3.8, 4) is 11.5 Å². The van der Waals surface area contributed by atoms with Gasteiger partial charge in [0.1, 0.15) is 11.5 Å². The van der Waals surface area contributed by atoms with Gasteiger partial charge >= 0.3 is 5.97 Å². The third-order valence-corrected chi connectivity index (χ3v) is 5.22. The van der Waals surface area contributed by atoms with Crippen LogP contribution in [0.25, 0.3) is 0 Å². The van der Waals surface area contributed by atoms with E-state index >= 15 is 0 Å². The number of esters is 1. The number of phenols is 1. The summed E-state index contributed by atoms with van der Waals surface area (Å²) in [6.07, 6.45) is 0.878. The summed E-state index contributed by atoms with van der Waals surface area (Å²) in [7, 11) is 1.35. The van der Waals surface area contributed by atoms with Crippen LogP contribution in [0.3, 0.4) is 0 Å². The van der Waals surface area contributed by atoms with Crippen LogP contribution >= 0.6 is 0 Å². The van der Waals surface area contributed by atoms with E-state index in [2.05, 4.69) is 46.9 Å². The number of aromatic hydroxyl groups is 1. The van der Waals surface area contributed by atoms with Gasteiger partial charge in [-0.2, -0.15) is 0 Å². The highest BCUT2D eigenvalue weighted by molar-refractivity contribution is 5.84. The zero-order valence-electron chi connectivity index (χ0n) is 18.8. The third kappa shape index (κ3) is 4.30. The summed E-state index contributed by atoms with van der Waals surface area (Å²) in [6.45, 7) is 12.4. The highest BCUT2D eigenvalue weighted by Crippen LogP contribution is 2.44. The van der Waals surface area contributed by atoms with Gasteiger partial charge in [0.2, 0.25) is 0 Å². The lowest BCUT2D eigenvalue weighted by Gasteiger charge is -2.33. The predicted octanol–water partition coefficient (Wildman–Crippen LogP) is 5.59. The van der Waals surface area contributed by atoms with Gasteiger partial charge in [0, 0.05) is 6.08 Å². The molecular formula is C25H31NO4. The fourth-order valence-corrected chi connectivity index (χ4v) is 3.58. The summed E-state index contributed by atoms with van der Waals surface area (Å²) >= 11 is 0. The first kappa shape index (κ1) is 21.8. The smallest absolute Gasteiger partial charge is 0.332 e. The quantitative estimate of drug-likeness (QED) is 0.500. The molecule has 160 valence electrons. The Kier molecular flexibility index (Phi) is 5.59. The molecule has 3 rings (SSSR count). The van der Waals surface area contributed by atoms with Crippen LogP contribution in [0.15, 0.2) is 48.2 Å². The van der Waals surface area contributed by atoms with Crippen LogP contribution in [0, 0.1) is 0 Å². The lowest BCUT2D eigenvalue weighted by atomic mass is 9.77. The molecule has 1 atom stereocenters. The highest BCUT2D eigenvalue weighted by atomic mass is 16.5. The molecule has 0 fully saturated rings. The van der Waals surface area contributed by atoms with E-state index in [1.165, 1.54) is 13.2 Å². The molecule has 1 unspecified atom stereocenters. The molecule has 0 radical (unpaired) electrons. The molecule has 5 nitrogen and oxygen atoms in total. The SMILES string of the molecule is COC(=O)/C=C1\Nc2ccccc2OC1c1cc(C(C)(C)C)c(O)c(C(C)(C)C)c1. The Labute approximate surface area is 178 Å². The van der Waals surface area contributed by atoms with Crippen LogP contribution < -0.4 is 10.1 Å². The van der Waals surface area contributed by atoms with Crippen molar-refractivity contribution in [2.45, 2.75) is 58.5 Å². The van der Waals surface area contributed by atoms with E-state index in [9.17, 15) is 9.90 Å². The number of rotatable bonds is 2. The second-order valence-corrected chi connectivity index (χ2v) is 9.71. The molecule has 5 heteroatoms. The minimum Gasteiger partial charge on any atom is -0.507 e. The first-order valence-electron chi connectivity index (χ1n) is 10.1. The molecule has 0 saturated heterocycles. The molecule has 1 aliphatic rings. The van der Waals surface area contributed by atoms with Gasteiger partial charge in [0.25, 0.3) is 0 Å². The number of fused-ring (bicyclic) bond motifs is 1. The van der Waals surface area contributed by atoms with E-state index in [1.54, 1.807) is 0 Å². The molecule has 2 N–H and O–H groups in total. The fraction of sp³-hybridized carbons (Fsp3) is 0.400. The zero-order valence-corrected chi connectivity index (χ0v) is 18.8.